The number of anilines is 2. The average molecular weight is 362 g/mol. The molecule has 2 atom stereocenters. The van der Waals surface area contributed by atoms with Crippen LogP contribution in [-0.2, 0) is 0 Å². The third kappa shape index (κ3) is 2.93. The summed E-state index contributed by atoms with van der Waals surface area (Å²) in [4.78, 5) is 23.1. The molecule has 0 bridgehead atoms. The van der Waals surface area contributed by atoms with Crippen LogP contribution in [0.4, 0.5) is 11.8 Å². The molecule has 3 aromatic rings. The van der Waals surface area contributed by atoms with Gasteiger partial charge in [0.25, 0.3) is 0 Å². The van der Waals surface area contributed by atoms with Crippen LogP contribution in [0.2, 0.25) is 0 Å². The molecule has 0 N–H and O–H groups in total. The van der Waals surface area contributed by atoms with E-state index in [0.717, 1.165) is 48.9 Å². The van der Waals surface area contributed by atoms with Crippen molar-refractivity contribution >= 4 is 22.8 Å². The molecule has 2 fully saturated rings. The zero-order valence-corrected chi connectivity index (χ0v) is 15.3. The van der Waals surface area contributed by atoms with E-state index in [2.05, 4.69) is 24.8 Å². The molecule has 0 saturated carbocycles. The van der Waals surface area contributed by atoms with Crippen molar-refractivity contribution in [3.63, 3.8) is 0 Å². The number of fused-ring (bicyclic) bond motifs is 2. The van der Waals surface area contributed by atoms with Gasteiger partial charge in [0.05, 0.1) is 30.4 Å². The SMILES string of the molecule is COc1ccnc(N2CCC3CCN(c4cnc5ccccc5n4)CC32)n1. The van der Waals surface area contributed by atoms with Crippen molar-refractivity contribution in [2.45, 2.75) is 18.9 Å². The third-order valence-electron chi connectivity index (χ3n) is 5.71. The van der Waals surface area contributed by atoms with E-state index in [0.29, 0.717) is 17.8 Å². The number of hydrogen-bond acceptors (Lipinski definition) is 7. The highest BCUT2D eigenvalue weighted by atomic mass is 16.5. The first-order chi connectivity index (χ1) is 13.3. The summed E-state index contributed by atoms with van der Waals surface area (Å²) < 4.78 is 5.28. The quantitative estimate of drug-likeness (QED) is 0.709. The second kappa shape index (κ2) is 6.64. The Hall–Kier alpha value is -2.96. The second-order valence-corrected chi connectivity index (χ2v) is 7.16. The molecule has 5 rings (SSSR count). The number of nitrogens with zero attached hydrogens (tertiary/aromatic N) is 6. The van der Waals surface area contributed by atoms with E-state index in [1.165, 1.54) is 6.42 Å². The molecule has 2 saturated heterocycles. The first kappa shape index (κ1) is 16.2. The highest BCUT2D eigenvalue weighted by molar-refractivity contribution is 5.75. The molecule has 0 radical (unpaired) electrons. The second-order valence-electron chi connectivity index (χ2n) is 7.16. The molecular formula is C20H22N6O. The predicted molar refractivity (Wildman–Crippen MR) is 104 cm³/mol. The number of hydrogen-bond donors (Lipinski definition) is 0. The minimum atomic E-state index is 0.388. The summed E-state index contributed by atoms with van der Waals surface area (Å²) in [6.07, 6.45) is 6.00. The molecule has 4 heterocycles. The van der Waals surface area contributed by atoms with Gasteiger partial charge in [-0.25, -0.2) is 9.97 Å². The predicted octanol–water partition coefficient (Wildman–Crippen LogP) is 2.53. The summed E-state index contributed by atoms with van der Waals surface area (Å²) in [6, 6.07) is 10.2. The Balaban J connectivity index is 1.41. The minimum Gasteiger partial charge on any atom is -0.481 e. The number of para-hydroxylation sites is 2. The Morgan fingerprint density at radius 2 is 1.85 bits per heavy atom. The number of aromatic nitrogens is 4. The van der Waals surface area contributed by atoms with Gasteiger partial charge in [0.15, 0.2) is 0 Å². The van der Waals surface area contributed by atoms with E-state index in [1.807, 2.05) is 30.5 Å². The van der Waals surface area contributed by atoms with Crippen molar-refractivity contribution in [1.29, 1.82) is 0 Å². The van der Waals surface area contributed by atoms with Crippen molar-refractivity contribution in [1.82, 2.24) is 19.9 Å². The van der Waals surface area contributed by atoms with E-state index >= 15 is 0 Å². The number of piperidine rings is 1. The van der Waals surface area contributed by atoms with Gasteiger partial charge in [-0.2, -0.15) is 4.98 Å². The van der Waals surface area contributed by atoms with Gasteiger partial charge in [-0.3, -0.25) is 4.98 Å². The maximum Gasteiger partial charge on any atom is 0.228 e. The molecule has 7 heteroatoms. The Morgan fingerprint density at radius 3 is 2.74 bits per heavy atom. The van der Waals surface area contributed by atoms with Crippen LogP contribution < -0.4 is 14.5 Å². The van der Waals surface area contributed by atoms with Crippen molar-refractivity contribution in [3.05, 3.63) is 42.7 Å². The van der Waals surface area contributed by atoms with Gasteiger partial charge in [-0.05, 0) is 30.9 Å². The molecule has 0 spiro atoms. The Bertz CT molecular complexity index is 964. The molecular weight excluding hydrogens is 340 g/mol. The molecule has 7 nitrogen and oxygen atoms in total. The lowest BCUT2D eigenvalue weighted by atomic mass is 9.92. The van der Waals surface area contributed by atoms with Gasteiger partial charge in [0.2, 0.25) is 11.8 Å². The highest BCUT2D eigenvalue weighted by Gasteiger charge is 2.40. The van der Waals surface area contributed by atoms with Crippen LogP contribution in [0.25, 0.3) is 11.0 Å². The molecule has 1 aromatic carbocycles. The summed E-state index contributed by atoms with van der Waals surface area (Å²) >= 11 is 0. The molecule has 2 aromatic heterocycles. The fraction of sp³-hybridized carbons (Fsp3) is 0.400. The smallest absolute Gasteiger partial charge is 0.228 e. The molecule has 2 aliphatic heterocycles. The monoisotopic (exact) mass is 362 g/mol. The maximum atomic E-state index is 5.28. The van der Waals surface area contributed by atoms with E-state index in [4.69, 9.17) is 9.72 Å². The number of benzene rings is 1. The van der Waals surface area contributed by atoms with Crippen LogP contribution in [0.3, 0.4) is 0 Å². The molecule has 0 aliphatic carbocycles. The molecule has 2 unspecified atom stereocenters. The zero-order chi connectivity index (χ0) is 18.2. The number of methoxy groups -OCH3 is 1. The van der Waals surface area contributed by atoms with Crippen LogP contribution in [0.1, 0.15) is 12.8 Å². The fourth-order valence-corrected chi connectivity index (χ4v) is 4.28. The van der Waals surface area contributed by atoms with Gasteiger partial charge in [0.1, 0.15) is 5.82 Å². The molecule has 138 valence electrons. The summed E-state index contributed by atoms with van der Waals surface area (Å²) in [7, 11) is 1.64. The molecule has 2 aliphatic rings. The third-order valence-corrected chi connectivity index (χ3v) is 5.71. The summed E-state index contributed by atoms with van der Waals surface area (Å²) in [5.74, 6) is 2.99. The largest absolute Gasteiger partial charge is 0.481 e. The lowest BCUT2D eigenvalue weighted by Crippen LogP contribution is -2.49. The normalized spacial score (nSPS) is 22.1. The van der Waals surface area contributed by atoms with E-state index < -0.39 is 0 Å². The first-order valence-corrected chi connectivity index (χ1v) is 9.42. The lowest BCUT2D eigenvalue weighted by Gasteiger charge is -2.38. The van der Waals surface area contributed by atoms with Crippen molar-refractivity contribution in [2.24, 2.45) is 5.92 Å². The van der Waals surface area contributed by atoms with Gasteiger partial charge in [0, 0.05) is 31.9 Å². The van der Waals surface area contributed by atoms with Crippen LogP contribution >= 0.6 is 0 Å². The van der Waals surface area contributed by atoms with E-state index in [1.54, 1.807) is 19.4 Å². The molecule has 0 amide bonds. The van der Waals surface area contributed by atoms with E-state index in [9.17, 15) is 0 Å². The topological polar surface area (TPSA) is 67.3 Å². The van der Waals surface area contributed by atoms with Gasteiger partial charge < -0.3 is 14.5 Å². The first-order valence-electron chi connectivity index (χ1n) is 9.42. The van der Waals surface area contributed by atoms with Crippen LogP contribution in [0, 0.1) is 5.92 Å². The average Bonchev–Trinajstić information content (AvgIpc) is 3.16. The standard InChI is InChI=1S/C20H22N6O/c1-27-19-6-9-21-20(24-19)26-11-8-14-7-10-25(13-17(14)26)18-12-22-15-4-2-3-5-16(15)23-18/h2-6,9,12,14,17H,7-8,10-11,13H2,1H3. The van der Waals surface area contributed by atoms with E-state index in [-0.39, 0.29) is 0 Å². The van der Waals surface area contributed by atoms with Crippen molar-refractivity contribution in [2.75, 3.05) is 36.5 Å². The number of ether oxygens (including phenoxy) is 1. The summed E-state index contributed by atoms with van der Waals surface area (Å²) in [5.41, 5.74) is 1.87. The summed E-state index contributed by atoms with van der Waals surface area (Å²) in [6.45, 7) is 2.92. The van der Waals surface area contributed by atoms with Gasteiger partial charge in [-0.15, -0.1) is 0 Å². The Kier molecular flexibility index (Phi) is 3.99. The fourth-order valence-electron chi connectivity index (χ4n) is 4.28. The van der Waals surface area contributed by atoms with Gasteiger partial charge >= 0.3 is 0 Å². The van der Waals surface area contributed by atoms with Crippen LogP contribution in [0.15, 0.2) is 42.7 Å². The maximum absolute atomic E-state index is 5.28. The van der Waals surface area contributed by atoms with Crippen LogP contribution in [-0.4, -0.2) is 52.7 Å². The molecule has 27 heavy (non-hydrogen) atoms. The highest BCUT2D eigenvalue weighted by Crippen LogP contribution is 2.35. The zero-order valence-electron chi connectivity index (χ0n) is 15.3. The Labute approximate surface area is 158 Å². The van der Waals surface area contributed by atoms with Gasteiger partial charge in [-0.1, -0.05) is 12.1 Å². The Morgan fingerprint density at radius 1 is 1.00 bits per heavy atom. The summed E-state index contributed by atoms with van der Waals surface area (Å²) in [5, 5.41) is 0. The lowest BCUT2D eigenvalue weighted by molar-refractivity contribution is 0.383. The minimum absolute atomic E-state index is 0.388. The number of rotatable bonds is 3. The van der Waals surface area contributed by atoms with Crippen LogP contribution in [0.5, 0.6) is 5.88 Å². The van der Waals surface area contributed by atoms with Crippen molar-refractivity contribution < 1.29 is 4.74 Å². The van der Waals surface area contributed by atoms with Crippen molar-refractivity contribution in [3.8, 4) is 5.88 Å².